The van der Waals surface area contributed by atoms with Crippen LogP contribution in [0, 0.1) is 0 Å². The van der Waals surface area contributed by atoms with Gasteiger partial charge in [-0.25, -0.2) is 24.2 Å². The van der Waals surface area contributed by atoms with E-state index in [0.717, 1.165) is 6.08 Å². The summed E-state index contributed by atoms with van der Waals surface area (Å²) >= 11 is 0. The molecule has 2 N–H and O–H groups in total. The number of carbonyl (C=O) groups is 3. The second kappa shape index (κ2) is 14.7. The Bertz CT molecular complexity index is 478. The van der Waals surface area contributed by atoms with E-state index in [1.54, 1.807) is 0 Å². The number of alkyl carbamates (subject to hydrolysis) is 2. The molecule has 2 amide bonds. The van der Waals surface area contributed by atoms with Gasteiger partial charge in [0.2, 0.25) is 0 Å². The van der Waals surface area contributed by atoms with Crippen molar-refractivity contribution in [1.82, 2.24) is 10.6 Å². The fourth-order valence-electron chi connectivity index (χ4n) is 1.08. The van der Waals surface area contributed by atoms with Gasteiger partial charge >= 0.3 is 18.2 Å². The average molecular weight is 358 g/mol. The van der Waals surface area contributed by atoms with Gasteiger partial charge in [0.1, 0.15) is 19.0 Å². The van der Waals surface area contributed by atoms with Crippen LogP contribution in [0.4, 0.5) is 9.59 Å². The molecular weight excluding hydrogens is 336 g/mol. The molecule has 0 spiro atoms. The SMILES string of the molecule is C=CCOOCCCOC(=O)NCNC(=O)OC(=C)COC(=O)C=C. The Kier molecular flexibility index (Phi) is 13.0. The molecule has 0 fully saturated rings. The van der Waals surface area contributed by atoms with E-state index in [9.17, 15) is 14.4 Å². The maximum Gasteiger partial charge on any atom is 0.413 e. The van der Waals surface area contributed by atoms with E-state index in [1.165, 1.54) is 6.08 Å². The van der Waals surface area contributed by atoms with Crippen molar-refractivity contribution in [3.05, 3.63) is 37.6 Å². The lowest BCUT2D eigenvalue weighted by molar-refractivity contribution is -0.287. The maximum atomic E-state index is 11.4. The van der Waals surface area contributed by atoms with Gasteiger partial charge in [0.15, 0.2) is 0 Å². The van der Waals surface area contributed by atoms with E-state index in [1.807, 2.05) is 0 Å². The molecular formula is C15H22N2O8. The highest BCUT2D eigenvalue weighted by atomic mass is 17.2. The molecule has 10 nitrogen and oxygen atoms in total. The van der Waals surface area contributed by atoms with Gasteiger partial charge in [0.05, 0.1) is 19.9 Å². The largest absolute Gasteiger partial charge is 0.454 e. The van der Waals surface area contributed by atoms with Crippen LogP contribution < -0.4 is 10.6 Å². The molecule has 0 unspecified atom stereocenters. The van der Waals surface area contributed by atoms with Crippen molar-refractivity contribution in [2.24, 2.45) is 0 Å². The van der Waals surface area contributed by atoms with Crippen LogP contribution in [0.15, 0.2) is 37.6 Å². The van der Waals surface area contributed by atoms with Crippen LogP contribution >= 0.6 is 0 Å². The molecule has 0 aliphatic rings. The quantitative estimate of drug-likeness (QED) is 0.0579. The zero-order valence-electron chi connectivity index (χ0n) is 13.8. The molecule has 0 aromatic rings. The maximum absolute atomic E-state index is 11.4. The predicted molar refractivity (Wildman–Crippen MR) is 86.0 cm³/mol. The highest BCUT2D eigenvalue weighted by molar-refractivity contribution is 5.81. The summed E-state index contributed by atoms with van der Waals surface area (Å²) in [6, 6.07) is 0. The summed E-state index contributed by atoms with van der Waals surface area (Å²) in [5, 5.41) is 4.49. The molecule has 0 aromatic heterocycles. The summed E-state index contributed by atoms with van der Waals surface area (Å²) in [5.41, 5.74) is 0. The Balaban J connectivity index is 3.60. The highest BCUT2D eigenvalue weighted by Gasteiger charge is 2.08. The minimum Gasteiger partial charge on any atom is -0.454 e. The molecule has 140 valence electrons. The molecule has 0 radical (unpaired) electrons. The Morgan fingerprint density at radius 1 is 0.960 bits per heavy atom. The number of amides is 2. The fraction of sp³-hybridized carbons (Fsp3) is 0.400. The normalized spacial score (nSPS) is 9.44. The third-order valence-electron chi connectivity index (χ3n) is 2.12. The lowest BCUT2D eigenvalue weighted by Crippen LogP contribution is -2.38. The summed E-state index contributed by atoms with van der Waals surface area (Å²) in [5.74, 6) is -0.763. The number of esters is 1. The standard InChI is InChI=1S/C15H22N2O8/c1-4-7-23-24-9-6-8-21-14(19)16-11-17-15(20)25-12(3)10-22-13(18)5-2/h4-5H,1-3,6-11H2,(H,16,19)(H,17,20). The molecule has 25 heavy (non-hydrogen) atoms. The van der Waals surface area contributed by atoms with Crippen LogP contribution in [-0.4, -0.2) is 51.3 Å². The van der Waals surface area contributed by atoms with E-state index in [0.29, 0.717) is 6.42 Å². The van der Waals surface area contributed by atoms with E-state index in [4.69, 9.17) is 9.62 Å². The van der Waals surface area contributed by atoms with Crippen molar-refractivity contribution in [1.29, 1.82) is 0 Å². The number of ether oxygens (including phenoxy) is 3. The van der Waals surface area contributed by atoms with Crippen molar-refractivity contribution in [2.75, 3.05) is 33.1 Å². The minimum atomic E-state index is -0.882. The number of hydrogen-bond acceptors (Lipinski definition) is 8. The molecule has 0 bridgehead atoms. The number of nitrogens with one attached hydrogen (secondary N) is 2. The van der Waals surface area contributed by atoms with Crippen molar-refractivity contribution in [2.45, 2.75) is 6.42 Å². The van der Waals surface area contributed by atoms with Crippen LogP contribution in [0.5, 0.6) is 0 Å². The van der Waals surface area contributed by atoms with Crippen LogP contribution in [0.25, 0.3) is 0 Å². The molecule has 0 heterocycles. The highest BCUT2D eigenvalue weighted by Crippen LogP contribution is 1.96. The van der Waals surface area contributed by atoms with Crippen molar-refractivity contribution in [3.63, 3.8) is 0 Å². The summed E-state index contributed by atoms with van der Waals surface area (Å²) in [4.78, 5) is 42.9. The lowest BCUT2D eigenvalue weighted by atomic mass is 10.5. The first-order valence-corrected chi connectivity index (χ1v) is 7.18. The predicted octanol–water partition coefficient (Wildman–Crippen LogP) is 1.16. The van der Waals surface area contributed by atoms with Crippen LogP contribution in [0.1, 0.15) is 6.42 Å². The van der Waals surface area contributed by atoms with Crippen molar-refractivity contribution < 1.29 is 38.4 Å². The van der Waals surface area contributed by atoms with E-state index in [2.05, 4.69) is 44.7 Å². The average Bonchev–Trinajstić information content (AvgIpc) is 2.58. The van der Waals surface area contributed by atoms with Gasteiger partial charge in [-0.1, -0.05) is 19.2 Å². The molecule has 0 aliphatic heterocycles. The number of rotatable bonds is 13. The Morgan fingerprint density at radius 2 is 1.68 bits per heavy atom. The van der Waals surface area contributed by atoms with Gasteiger partial charge in [0.25, 0.3) is 0 Å². The molecule has 0 saturated carbocycles. The molecule has 10 heteroatoms. The topological polar surface area (TPSA) is 121 Å². The van der Waals surface area contributed by atoms with Gasteiger partial charge in [-0.2, -0.15) is 0 Å². The molecule has 0 atom stereocenters. The van der Waals surface area contributed by atoms with Crippen LogP contribution in [-0.2, 0) is 28.8 Å². The smallest absolute Gasteiger partial charge is 0.413 e. The van der Waals surface area contributed by atoms with Gasteiger partial charge in [-0.3, -0.25) is 0 Å². The number of carbonyl (C=O) groups excluding carboxylic acids is 3. The summed E-state index contributed by atoms with van der Waals surface area (Å²) < 4.78 is 14.1. The Labute approximate surface area is 145 Å². The first-order chi connectivity index (χ1) is 12.0. The molecule has 0 aromatic carbocycles. The third-order valence-corrected chi connectivity index (χ3v) is 2.12. The van der Waals surface area contributed by atoms with Crippen LogP contribution in [0.2, 0.25) is 0 Å². The Morgan fingerprint density at radius 3 is 2.36 bits per heavy atom. The van der Waals surface area contributed by atoms with Gasteiger partial charge in [-0.05, 0) is 0 Å². The summed E-state index contributed by atoms with van der Waals surface area (Å²) in [7, 11) is 0. The summed E-state index contributed by atoms with van der Waals surface area (Å²) in [6.07, 6.45) is 1.32. The van der Waals surface area contributed by atoms with Gasteiger partial charge < -0.3 is 24.8 Å². The van der Waals surface area contributed by atoms with E-state index >= 15 is 0 Å². The Hall–Kier alpha value is -2.85. The van der Waals surface area contributed by atoms with E-state index < -0.39 is 18.2 Å². The van der Waals surface area contributed by atoms with Gasteiger partial charge in [0, 0.05) is 12.5 Å². The second-order valence-corrected chi connectivity index (χ2v) is 4.16. The first kappa shape index (κ1) is 22.1. The lowest BCUT2D eigenvalue weighted by Gasteiger charge is -2.10. The molecule has 0 aliphatic carbocycles. The molecule has 0 rings (SSSR count). The van der Waals surface area contributed by atoms with Crippen molar-refractivity contribution >= 4 is 18.2 Å². The van der Waals surface area contributed by atoms with Crippen molar-refractivity contribution in [3.8, 4) is 0 Å². The zero-order valence-corrected chi connectivity index (χ0v) is 13.8. The second-order valence-electron chi connectivity index (χ2n) is 4.16. The third kappa shape index (κ3) is 14.5. The minimum absolute atomic E-state index is 0.0889. The number of hydrogen-bond donors (Lipinski definition) is 2. The zero-order chi connectivity index (χ0) is 18.9. The van der Waals surface area contributed by atoms with E-state index in [-0.39, 0.29) is 38.9 Å². The van der Waals surface area contributed by atoms with Crippen LogP contribution in [0.3, 0.4) is 0 Å². The fourth-order valence-corrected chi connectivity index (χ4v) is 1.08. The monoisotopic (exact) mass is 358 g/mol. The first-order valence-electron chi connectivity index (χ1n) is 7.18. The van der Waals surface area contributed by atoms with Gasteiger partial charge in [-0.15, -0.1) is 6.58 Å². The summed E-state index contributed by atoms with van der Waals surface area (Å²) in [6.45, 7) is 10.1. The molecule has 0 saturated heterocycles.